The molecule has 0 atom stereocenters. The van der Waals surface area contributed by atoms with Gasteiger partial charge in [-0.2, -0.15) is 0 Å². The number of carbonyl (C=O) groups excluding carboxylic acids is 2. The minimum Gasteiger partial charge on any atom is -0.468 e. The van der Waals surface area contributed by atoms with E-state index in [1.165, 1.54) is 18.2 Å². The summed E-state index contributed by atoms with van der Waals surface area (Å²) >= 11 is 3.24. The molecule has 1 heterocycles. The number of amides is 1. The van der Waals surface area contributed by atoms with Crippen molar-refractivity contribution in [3.63, 3.8) is 0 Å². The normalized spacial score (nSPS) is 9.82. The second-order valence-electron chi connectivity index (χ2n) is 3.29. The molecular formula is C11H13BrN2O3. The second-order valence-corrected chi connectivity index (χ2v) is 4.20. The highest BCUT2D eigenvalue weighted by molar-refractivity contribution is 9.10. The van der Waals surface area contributed by atoms with E-state index in [-0.39, 0.29) is 12.5 Å². The Hall–Kier alpha value is -1.43. The summed E-state index contributed by atoms with van der Waals surface area (Å²) in [6.45, 7) is 2.17. The summed E-state index contributed by atoms with van der Waals surface area (Å²) in [6.07, 6.45) is 3.06. The van der Waals surface area contributed by atoms with Crippen molar-refractivity contribution in [1.29, 1.82) is 0 Å². The number of likely N-dealkylation sites (N-methyl/N-ethyl adjacent to an activating group) is 1. The molecule has 0 radical (unpaired) electrons. The monoisotopic (exact) mass is 300 g/mol. The SMILES string of the molecule is CCN(CC(=O)OC)C(=O)c1cncc(Br)c1. The molecule has 0 fully saturated rings. The molecule has 0 bridgehead atoms. The summed E-state index contributed by atoms with van der Waals surface area (Å²) in [4.78, 5) is 28.5. The standard InChI is InChI=1S/C11H13BrN2O3/c1-3-14(7-10(15)17-2)11(16)8-4-9(12)6-13-5-8/h4-6H,3,7H2,1-2H3. The molecule has 0 aliphatic heterocycles. The molecule has 92 valence electrons. The zero-order valence-electron chi connectivity index (χ0n) is 9.64. The molecular weight excluding hydrogens is 288 g/mol. The zero-order valence-corrected chi connectivity index (χ0v) is 11.2. The number of carbonyl (C=O) groups is 2. The molecule has 0 aromatic carbocycles. The average molecular weight is 301 g/mol. The van der Waals surface area contributed by atoms with Gasteiger partial charge < -0.3 is 9.64 Å². The van der Waals surface area contributed by atoms with E-state index in [2.05, 4.69) is 25.7 Å². The van der Waals surface area contributed by atoms with E-state index in [4.69, 9.17) is 0 Å². The number of hydrogen-bond donors (Lipinski definition) is 0. The number of rotatable bonds is 4. The molecule has 17 heavy (non-hydrogen) atoms. The predicted molar refractivity (Wildman–Crippen MR) is 65.5 cm³/mol. The lowest BCUT2D eigenvalue weighted by atomic mass is 10.2. The molecule has 6 heteroatoms. The highest BCUT2D eigenvalue weighted by Crippen LogP contribution is 2.11. The smallest absolute Gasteiger partial charge is 0.325 e. The molecule has 0 N–H and O–H groups in total. The molecule has 1 rings (SSSR count). The topological polar surface area (TPSA) is 59.5 Å². The third kappa shape index (κ3) is 3.81. The lowest BCUT2D eigenvalue weighted by Gasteiger charge is -2.19. The van der Waals surface area contributed by atoms with Gasteiger partial charge >= 0.3 is 5.97 Å². The molecule has 5 nitrogen and oxygen atoms in total. The molecule has 0 spiro atoms. The number of pyridine rings is 1. The van der Waals surface area contributed by atoms with E-state index in [0.717, 1.165) is 4.47 Å². The number of esters is 1. The lowest BCUT2D eigenvalue weighted by molar-refractivity contribution is -0.141. The van der Waals surface area contributed by atoms with Crippen LogP contribution >= 0.6 is 15.9 Å². The van der Waals surface area contributed by atoms with Crippen LogP contribution in [0.4, 0.5) is 0 Å². The molecule has 0 saturated heterocycles. The summed E-state index contributed by atoms with van der Waals surface area (Å²) in [5, 5.41) is 0. The maximum atomic E-state index is 12.0. The molecule has 1 amide bonds. The number of methoxy groups -OCH3 is 1. The van der Waals surface area contributed by atoms with Crippen molar-refractivity contribution in [2.75, 3.05) is 20.2 Å². The van der Waals surface area contributed by atoms with Crippen LogP contribution in [0.2, 0.25) is 0 Å². The highest BCUT2D eigenvalue weighted by atomic mass is 79.9. The Morgan fingerprint density at radius 3 is 2.71 bits per heavy atom. The third-order valence-corrected chi connectivity index (χ3v) is 2.60. The first-order chi connectivity index (χ1) is 8.08. The van der Waals surface area contributed by atoms with Gasteiger partial charge in [-0.25, -0.2) is 0 Å². The van der Waals surface area contributed by atoms with Crippen LogP contribution in [-0.4, -0.2) is 42.0 Å². The van der Waals surface area contributed by atoms with E-state index < -0.39 is 5.97 Å². The quantitative estimate of drug-likeness (QED) is 0.790. The third-order valence-electron chi connectivity index (χ3n) is 2.17. The summed E-state index contributed by atoms with van der Waals surface area (Å²) in [5.74, 6) is -0.685. The Bertz CT molecular complexity index is 423. The van der Waals surface area contributed by atoms with Crippen molar-refractivity contribution >= 4 is 27.8 Å². The van der Waals surface area contributed by atoms with Gasteiger partial charge in [-0.3, -0.25) is 14.6 Å². The van der Waals surface area contributed by atoms with Crippen LogP contribution in [0.25, 0.3) is 0 Å². The number of aromatic nitrogens is 1. The number of halogens is 1. The highest BCUT2D eigenvalue weighted by Gasteiger charge is 2.17. The van der Waals surface area contributed by atoms with Gasteiger partial charge in [-0.15, -0.1) is 0 Å². The Balaban J connectivity index is 2.82. The Kier molecular flexibility index (Phi) is 5.09. The van der Waals surface area contributed by atoms with Crippen molar-refractivity contribution in [1.82, 2.24) is 9.88 Å². The first kappa shape index (κ1) is 13.6. The maximum absolute atomic E-state index is 12.0. The van der Waals surface area contributed by atoms with E-state index in [0.29, 0.717) is 12.1 Å². The number of hydrogen-bond acceptors (Lipinski definition) is 4. The Morgan fingerprint density at radius 2 is 2.18 bits per heavy atom. The summed E-state index contributed by atoms with van der Waals surface area (Å²) in [7, 11) is 1.29. The van der Waals surface area contributed by atoms with Gasteiger partial charge in [0.15, 0.2) is 0 Å². The van der Waals surface area contributed by atoms with Gasteiger partial charge in [0.05, 0.1) is 12.7 Å². The van der Waals surface area contributed by atoms with Crippen molar-refractivity contribution in [2.45, 2.75) is 6.92 Å². The summed E-state index contributed by atoms with van der Waals surface area (Å²) in [6, 6.07) is 1.66. The average Bonchev–Trinajstić information content (AvgIpc) is 2.34. The number of ether oxygens (including phenoxy) is 1. The fourth-order valence-electron chi connectivity index (χ4n) is 1.26. The molecule has 0 aliphatic rings. The van der Waals surface area contributed by atoms with Crippen LogP contribution in [-0.2, 0) is 9.53 Å². The van der Waals surface area contributed by atoms with Crippen molar-refractivity contribution in [3.8, 4) is 0 Å². The second kappa shape index (κ2) is 6.34. The van der Waals surface area contributed by atoms with Crippen LogP contribution in [0.5, 0.6) is 0 Å². The van der Waals surface area contributed by atoms with Gasteiger partial charge in [0.2, 0.25) is 0 Å². The lowest BCUT2D eigenvalue weighted by Crippen LogP contribution is -2.36. The minimum atomic E-state index is -0.442. The first-order valence-corrected chi connectivity index (χ1v) is 5.84. The van der Waals surface area contributed by atoms with Crippen molar-refractivity contribution in [2.24, 2.45) is 0 Å². The fraction of sp³-hybridized carbons (Fsp3) is 0.364. The molecule has 0 unspecified atom stereocenters. The van der Waals surface area contributed by atoms with Crippen LogP contribution < -0.4 is 0 Å². The van der Waals surface area contributed by atoms with Gasteiger partial charge in [0.1, 0.15) is 6.54 Å². The predicted octanol–water partition coefficient (Wildman–Crippen LogP) is 1.48. The van der Waals surface area contributed by atoms with Gasteiger partial charge in [0.25, 0.3) is 5.91 Å². The van der Waals surface area contributed by atoms with Crippen molar-refractivity contribution in [3.05, 3.63) is 28.5 Å². The van der Waals surface area contributed by atoms with Crippen LogP contribution in [0.3, 0.4) is 0 Å². The van der Waals surface area contributed by atoms with E-state index in [1.54, 1.807) is 19.2 Å². The number of nitrogens with zero attached hydrogens (tertiary/aromatic N) is 2. The molecule has 0 aliphatic carbocycles. The largest absolute Gasteiger partial charge is 0.468 e. The van der Waals surface area contributed by atoms with Crippen LogP contribution in [0, 0.1) is 0 Å². The van der Waals surface area contributed by atoms with E-state index in [1.807, 2.05) is 0 Å². The Labute approximate surface area is 108 Å². The zero-order chi connectivity index (χ0) is 12.8. The minimum absolute atomic E-state index is 0.0572. The maximum Gasteiger partial charge on any atom is 0.325 e. The molecule has 1 aromatic rings. The van der Waals surface area contributed by atoms with Gasteiger partial charge in [0, 0.05) is 23.4 Å². The van der Waals surface area contributed by atoms with E-state index in [9.17, 15) is 9.59 Å². The first-order valence-electron chi connectivity index (χ1n) is 5.05. The van der Waals surface area contributed by atoms with Gasteiger partial charge in [-0.1, -0.05) is 0 Å². The fourth-order valence-corrected chi connectivity index (χ4v) is 1.62. The van der Waals surface area contributed by atoms with Gasteiger partial charge in [-0.05, 0) is 28.9 Å². The molecule has 1 aromatic heterocycles. The Morgan fingerprint density at radius 1 is 1.47 bits per heavy atom. The van der Waals surface area contributed by atoms with E-state index >= 15 is 0 Å². The van der Waals surface area contributed by atoms with Crippen molar-refractivity contribution < 1.29 is 14.3 Å². The van der Waals surface area contributed by atoms with Crippen LogP contribution in [0.15, 0.2) is 22.9 Å². The van der Waals surface area contributed by atoms with Crippen LogP contribution in [0.1, 0.15) is 17.3 Å². The summed E-state index contributed by atoms with van der Waals surface area (Å²) < 4.78 is 5.25. The summed E-state index contributed by atoms with van der Waals surface area (Å²) in [5.41, 5.74) is 0.435. The molecule has 0 saturated carbocycles.